The van der Waals surface area contributed by atoms with Crippen molar-refractivity contribution in [2.45, 2.75) is 11.3 Å². The predicted molar refractivity (Wildman–Crippen MR) is 125 cm³/mol. The normalized spacial score (nSPS) is 17.5. The molecule has 0 atom stereocenters. The Morgan fingerprint density at radius 3 is 2.71 bits per heavy atom. The molecule has 0 saturated carbocycles. The number of fused-ring (bicyclic) bond motifs is 1. The zero-order valence-corrected chi connectivity index (χ0v) is 19.1. The Kier molecular flexibility index (Phi) is 5.70. The standard InChI is InChI=1S/C24H23FN4O4S/c25-18-4-5-20-21(14-27-22(20)13-18)16-6-9-28(10-7-16)24(31)17-2-1-3-19(12-17)34(32,33)29-11-8-26-23(30)15-29/h1-6,12-14,27H,7-11,15H2,(H,26,30). The number of nitrogens with one attached hydrogen (secondary N) is 2. The van der Waals surface area contributed by atoms with Gasteiger partial charge in [-0.2, -0.15) is 4.31 Å². The average molecular weight is 483 g/mol. The number of aromatic amines is 1. The zero-order valence-electron chi connectivity index (χ0n) is 18.3. The number of rotatable bonds is 4. The third kappa shape index (κ3) is 4.10. The van der Waals surface area contributed by atoms with Crippen LogP contribution in [-0.2, 0) is 14.8 Å². The third-order valence-corrected chi connectivity index (χ3v) is 8.05. The van der Waals surface area contributed by atoms with Gasteiger partial charge in [-0.25, -0.2) is 12.8 Å². The summed E-state index contributed by atoms with van der Waals surface area (Å²) in [5, 5.41) is 3.53. The largest absolute Gasteiger partial charge is 0.360 e. The van der Waals surface area contributed by atoms with E-state index in [0.29, 0.717) is 19.5 Å². The van der Waals surface area contributed by atoms with Gasteiger partial charge in [-0.1, -0.05) is 12.1 Å². The van der Waals surface area contributed by atoms with Crippen LogP contribution in [0.3, 0.4) is 0 Å². The van der Waals surface area contributed by atoms with Crippen molar-refractivity contribution in [3.8, 4) is 0 Å². The Bertz CT molecular complexity index is 1430. The van der Waals surface area contributed by atoms with Crippen molar-refractivity contribution in [3.05, 3.63) is 71.7 Å². The molecule has 2 aliphatic heterocycles. The molecule has 2 aromatic carbocycles. The van der Waals surface area contributed by atoms with Gasteiger partial charge < -0.3 is 15.2 Å². The number of carbonyl (C=O) groups is 2. The van der Waals surface area contributed by atoms with Gasteiger partial charge >= 0.3 is 0 Å². The predicted octanol–water partition coefficient (Wildman–Crippen LogP) is 2.36. The number of sulfonamides is 1. The minimum absolute atomic E-state index is 0.00712. The highest BCUT2D eigenvalue weighted by Crippen LogP contribution is 2.30. The van der Waals surface area contributed by atoms with Crippen molar-refractivity contribution in [2.24, 2.45) is 0 Å². The maximum Gasteiger partial charge on any atom is 0.254 e. The number of amides is 2. The molecule has 34 heavy (non-hydrogen) atoms. The van der Waals surface area contributed by atoms with Crippen molar-refractivity contribution in [1.82, 2.24) is 19.5 Å². The van der Waals surface area contributed by atoms with E-state index in [-0.39, 0.29) is 47.7 Å². The summed E-state index contributed by atoms with van der Waals surface area (Å²) in [7, 11) is -3.88. The van der Waals surface area contributed by atoms with E-state index in [0.717, 1.165) is 26.3 Å². The van der Waals surface area contributed by atoms with Crippen LogP contribution in [0.5, 0.6) is 0 Å². The Morgan fingerprint density at radius 1 is 1.09 bits per heavy atom. The molecular formula is C24H23FN4O4S. The molecule has 3 heterocycles. The Balaban J connectivity index is 1.34. The van der Waals surface area contributed by atoms with Crippen molar-refractivity contribution in [3.63, 3.8) is 0 Å². The van der Waals surface area contributed by atoms with E-state index in [4.69, 9.17) is 0 Å². The fraction of sp³-hybridized carbons (Fsp3) is 0.250. The summed E-state index contributed by atoms with van der Waals surface area (Å²) >= 11 is 0. The molecule has 2 amide bonds. The molecule has 8 nitrogen and oxygen atoms in total. The van der Waals surface area contributed by atoms with Crippen LogP contribution in [0.2, 0.25) is 0 Å². The van der Waals surface area contributed by atoms with Gasteiger partial charge in [-0.15, -0.1) is 0 Å². The first-order valence-corrected chi connectivity index (χ1v) is 12.4. The molecule has 10 heteroatoms. The fourth-order valence-electron chi connectivity index (χ4n) is 4.40. The van der Waals surface area contributed by atoms with Gasteiger partial charge in [0.1, 0.15) is 5.82 Å². The molecule has 0 spiro atoms. The van der Waals surface area contributed by atoms with Gasteiger partial charge in [0.25, 0.3) is 5.91 Å². The van der Waals surface area contributed by atoms with Crippen molar-refractivity contribution < 1.29 is 22.4 Å². The lowest BCUT2D eigenvalue weighted by molar-refractivity contribution is -0.122. The third-order valence-electron chi connectivity index (χ3n) is 6.21. The van der Waals surface area contributed by atoms with E-state index < -0.39 is 10.0 Å². The first-order chi connectivity index (χ1) is 16.3. The molecule has 1 aromatic heterocycles. The van der Waals surface area contributed by atoms with Crippen molar-refractivity contribution >= 4 is 38.3 Å². The molecule has 176 valence electrons. The second-order valence-electron chi connectivity index (χ2n) is 8.34. The van der Waals surface area contributed by atoms with Crippen LogP contribution in [0.15, 0.2) is 59.6 Å². The molecule has 0 radical (unpaired) electrons. The topological polar surface area (TPSA) is 103 Å². The number of benzene rings is 2. The molecule has 1 fully saturated rings. The highest BCUT2D eigenvalue weighted by atomic mass is 32.2. The lowest BCUT2D eigenvalue weighted by Gasteiger charge is -2.27. The van der Waals surface area contributed by atoms with Gasteiger partial charge in [0.2, 0.25) is 15.9 Å². The fourth-order valence-corrected chi connectivity index (χ4v) is 5.85. The molecule has 5 rings (SSSR count). The number of carbonyl (C=O) groups excluding carboxylic acids is 2. The SMILES string of the molecule is O=C1CN(S(=O)(=O)c2cccc(C(=O)N3CC=C(c4c[nH]c5cc(F)ccc45)CC3)c2)CCN1. The van der Waals surface area contributed by atoms with Gasteiger partial charge in [0, 0.05) is 54.4 Å². The van der Waals surface area contributed by atoms with Crippen LogP contribution in [0.4, 0.5) is 4.39 Å². The molecule has 0 aliphatic carbocycles. The van der Waals surface area contributed by atoms with Crippen LogP contribution in [0, 0.1) is 5.82 Å². The smallest absolute Gasteiger partial charge is 0.254 e. The quantitative estimate of drug-likeness (QED) is 0.596. The van der Waals surface area contributed by atoms with E-state index in [2.05, 4.69) is 10.3 Å². The number of hydrogen-bond acceptors (Lipinski definition) is 4. The van der Waals surface area contributed by atoms with Crippen LogP contribution < -0.4 is 5.32 Å². The van der Waals surface area contributed by atoms with Crippen LogP contribution >= 0.6 is 0 Å². The van der Waals surface area contributed by atoms with E-state index in [1.54, 1.807) is 23.1 Å². The number of aromatic nitrogens is 1. The zero-order chi connectivity index (χ0) is 23.9. The number of halogens is 1. The molecule has 0 bridgehead atoms. The Morgan fingerprint density at radius 2 is 1.94 bits per heavy atom. The van der Waals surface area contributed by atoms with Gasteiger partial charge in [0.05, 0.1) is 11.4 Å². The summed E-state index contributed by atoms with van der Waals surface area (Å²) in [5.41, 5.74) is 3.06. The molecule has 2 aliphatic rings. The van der Waals surface area contributed by atoms with Crippen LogP contribution in [0.25, 0.3) is 16.5 Å². The summed E-state index contributed by atoms with van der Waals surface area (Å²) in [4.78, 5) is 29.5. The van der Waals surface area contributed by atoms with Gasteiger partial charge in [-0.3, -0.25) is 9.59 Å². The van der Waals surface area contributed by atoms with Crippen LogP contribution in [0.1, 0.15) is 22.3 Å². The monoisotopic (exact) mass is 482 g/mol. The molecule has 3 aromatic rings. The number of nitrogens with zero attached hydrogens (tertiary/aromatic N) is 2. The summed E-state index contributed by atoms with van der Waals surface area (Å²) in [5.74, 6) is -0.911. The Labute approximate surface area is 196 Å². The van der Waals surface area contributed by atoms with Crippen molar-refractivity contribution in [2.75, 3.05) is 32.7 Å². The van der Waals surface area contributed by atoms with E-state index in [1.807, 2.05) is 12.3 Å². The minimum atomic E-state index is -3.88. The lowest BCUT2D eigenvalue weighted by Crippen LogP contribution is -2.49. The maximum absolute atomic E-state index is 13.5. The van der Waals surface area contributed by atoms with E-state index >= 15 is 0 Å². The molecular weight excluding hydrogens is 459 g/mol. The van der Waals surface area contributed by atoms with Crippen LogP contribution in [-0.4, -0.2) is 67.1 Å². The summed E-state index contributed by atoms with van der Waals surface area (Å²) in [6.45, 7) is 1.06. The minimum Gasteiger partial charge on any atom is -0.360 e. The molecule has 2 N–H and O–H groups in total. The highest BCUT2D eigenvalue weighted by molar-refractivity contribution is 7.89. The van der Waals surface area contributed by atoms with E-state index in [9.17, 15) is 22.4 Å². The number of piperazine rings is 1. The first-order valence-electron chi connectivity index (χ1n) is 11.0. The van der Waals surface area contributed by atoms with E-state index in [1.165, 1.54) is 24.3 Å². The number of hydrogen-bond donors (Lipinski definition) is 2. The lowest BCUT2D eigenvalue weighted by atomic mass is 9.98. The van der Waals surface area contributed by atoms with Gasteiger partial charge in [-0.05, 0) is 48.4 Å². The van der Waals surface area contributed by atoms with Crippen molar-refractivity contribution in [1.29, 1.82) is 0 Å². The summed E-state index contributed by atoms with van der Waals surface area (Å²) in [6, 6.07) is 10.6. The second-order valence-corrected chi connectivity index (χ2v) is 10.3. The molecule has 0 unspecified atom stereocenters. The average Bonchev–Trinajstić information content (AvgIpc) is 3.27. The summed E-state index contributed by atoms with van der Waals surface area (Å²) < 4.78 is 40.5. The second kappa shape index (κ2) is 8.69. The molecule has 1 saturated heterocycles. The highest BCUT2D eigenvalue weighted by Gasteiger charge is 2.30. The first kappa shape index (κ1) is 22.3. The Hall–Kier alpha value is -3.50. The maximum atomic E-state index is 13.5. The van der Waals surface area contributed by atoms with Gasteiger partial charge in [0.15, 0.2) is 0 Å². The number of H-pyrrole nitrogens is 1. The summed E-state index contributed by atoms with van der Waals surface area (Å²) in [6.07, 6.45) is 4.44.